The molecule has 0 aliphatic heterocycles. The molecule has 6 nitrogen and oxygen atoms in total. The van der Waals surface area contributed by atoms with E-state index in [1.54, 1.807) is 17.5 Å². The molecule has 0 saturated heterocycles. The number of amides is 1. The van der Waals surface area contributed by atoms with Gasteiger partial charge in [0, 0.05) is 22.1 Å². The van der Waals surface area contributed by atoms with Crippen LogP contribution < -0.4 is 10.0 Å². The molecule has 0 unspecified atom stereocenters. The molecule has 0 bridgehead atoms. The van der Waals surface area contributed by atoms with Crippen LogP contribution in [0.4, 0.5) is 10.8 Å². The molecule has 1 amide bonds. The van der Waals surface area contributed by atoms with Gasteiger partial charge in [0.2, 0.25) is 5.91 Å². The zero-order valence-corrected chi connectivity index (χ0v) is 14.7. The maximum Gasteiger partial charge on any atom is 0.263 e. The number of hydrogen-bond acceptors (Lipinski definition) is 6. The highest BCUT2D eigenvalue weighted by Crippen LogP contribution is 2.20. The molecule has 0 radical (unpaired) electrons. The Bertz CT molecular complexity index is 903. The fraction of sp³-hybridized carbons (Fsp3) is 0.0667. The standard InChI is InChI=1S/C15H13N3O3S3/c19-14(10-12-2-1-8-22-12)17-11-3-5-13(6-4-11)24(20,21)18-15-16-7-9-23-15/h1-9H,10H2,(H,16,18)(H,17,19). The van der Waals surface area contributed by atoms with Gasteiger partial charge in [-0.15, -0.1) is 22.7 Å². The van der Waals surface area contributed by atoms with Crippen molar-refractivity contribution in [1.82, 2.24) is 4.98 Å². The summed E-state index contributed by atoms with van der Waals surface area (Å²) in [7, 11) is -3.68. The summed E-state index contributed by atoms with van der Waals surface area (Å²) in [5.41, 5.74) is 0.546. The molecule has 0 aliphatic carbocycles. The first-order chi connectivity index (χ1) is 11.5. The zero-order chi connectivity index (χ0) is 17.0. The van der Waals surface area contributed by atoms with E-state index in [1.807, 2.05) is 17.5 Å². The summed E-state index contributed by atoms with van der Waals surface area (Å²) in [5, 5.41) is 6.65. The summed E-state index contributed by atoms with van der Waals surface area (Å²) in [4.78, 5) is 16.9. The Kier molecular flexibility index (Phi) is 4.93. The van der Waals surface area contributed by atoms with Crippen LogP contribution in [0.5, 0.6) is 0 Å². The number of carbonyl (C=O) groups excluding carboxylic acids is 1. The highest BCUT2D eigenvalue weighted by molar-refractivity contribution is 7.93. The molecule has 124 valence electrons. The Labute approximate surface area is 147 Å². The van der Waals surface area contributed by atoms with Crippen LogP contribution in [0.1, 0.15) is 4.88 Å². The lowest BCUT2D eigenvalue weighted by atomic mass is 10.3. The number of benzene rings is 1. The number of thiazole rings is 1. The molecule has 0 saturated carbocycles. The van der Waals surface area contributed by atoms with Gasteiger partial charge >= 0.3 is 0 Å². The van der Waals surface area contributed by atoms with Crippen molar-refractivity contribution in [2.75, 3.05) is 10.0 Å². The summed E-state index contributed by atoms with van der Waals surface area (Å²) in [6.07, 6.45) is 1.82. The fourth-order valence-electron chi connectivity index (χ4n) is 1.94. The molecule has 0 fully saturated rings. The largest absolute Gasteiger partial charge is 0.326 e. The SMILES string of the molecule is O=C(Cc1cccs1)Nc1ccc(S(=O)(=O)Nc2nccs2)cc1. The van der Waals surface area contributed by atoms with E-state index in [2.05, 4.69) is 15.0 Å². The number of anilines is 2. The number of carbonyl (C=O) groups is 1. The van der Waals surface area contributed by atoms with E-state index in [9.17, 15) is 13.2 Å². The van der Waals surface area contributed by atoms with Crippen LogP contribution in [0, 0.1) is 0 Å². The third-order valence-electron chi connectivity index (χ3n) is 3.02. The number of nitrogens with one attached hydrogen (secondary N) is 2. The maximum absolute atomic E-state index is 12.2. The Morgan fingerprint density at radius 3 is 2.50 bits per heavy atom. The van der Waals surface area contributed by atoms with Crippen molar-refractivity contribution in [3.63, 3.8) is 0 Å². The summed E-state index contributed by atoms with van der Waals surface area (Å²) in [6, 6.07) is 9.78. The first-order valence-corrected chi connectivity index (χ1v) is 10.1. The third-order valence-corrected chi connectivity index (χ3v) is 6.07. The minimum Gasteiger partial charge on any atom is -0.326 e. The summed E-state index contributed by atoms with van der Waals surface area (Å²) in [5.74, 6) is -0.144. The molecule has 0 aliphatic rings. The number of thiophene rings is 1. The average molecular weight is 379 g/mol. The van der Waals surface area contributed by atoms with Crippen molar-refractivity contribution >= 4 is 49.4 Å². The third kappa shape index (κ3) is 4.19. The monoisotopic (exact) mass is 379 g/mol. The van der Waals surface area contributed by atoms with Crippen LogP contribution >= 0.6 is 22.7 Å². The normalized spacial score (nSPS) is 11.2. The van der Waals surface area contributed by atoms with E-state index in [4.69, 9.17) is 0 Å². The molecule has 3 aromatic rings. The fourth-order valence-corrected chi connectivity index (χ4v) is 4.43. The predicted octanol–water partition coefficient (Wildman–Crippen LogP) is 3.19. The quantitative estimate of drug-likeness (QED) is 0.688. The molecule has 0 spiro atoms. The molecule has 3 rings (SSSR count). The van der Waals surface area contributed by atoms with Crippen LogP contribution in [0.2, 0.25) is 0 Å². The predicted molar refractivity (Wildman–Crippen MR) is 96.0 cm³/mol. The first kappa shape index (κ1) is 16.6. The van der Waals surface area contributed by atoms with Gasteiger partial charge in [0.25, 0.3) is 10.0 Å². The molecule has 2 heterocycles. The summed E-state index contributed by atoms with van der Waals surface area (Å²) >= 11 is 2.72. The second-order valence-corrected chi connectivity index (χ2v) is 8.38. The minimum atomic E-state index is -3.68. The van der Waals surface area contributed by atoms with Gasteiger partial charge in [-0.25, -0.2) is 13.4 Å². The molecular formula is C15H13N3O3S3. The lowest BCUT2D eigenvalue weighted by Crippen LogP contribution is -2.15. The van der Waals surface area contributed by atoms with Gasteiger partial charge in [0.1, 0.15) is 0 Å². The van der Waals surface area contributed by atoms with Crippen LogP contribution in [0.3, 0.4) is 0 Å². The number of hydrogen-bond donors (Lipinski definition) is 2. The van der Waals surface area contributed by atoms with Crippen LogP contribution in [-0.2, 0) is 21.2 Å². The molecular weight excluding hydrogens is 366 g/mol. The lowest BCUT2D eigenvalue weighted by molar-refractivity contribution is -0.115. The van der Waals surface area contributed by atoms with Crippen LogP contribution in [-0.4, -0.2) is 19.3 Å². The van der Waals surface area contributed by atoms with E-state index >= 15 is 0 Å². The smallest absolute Gasteiger partial charge is 0.263 e. The van der Waals surface area contributed by atoms with E-state index in [-0.39, 0.29) is 10.8 Å². The van der Waals surface area contributed by atoms with E-state index in [0.717, 1.165) is 4.88 Å². The molecule has 9 heteroatoms. The molecule has 1 aromatic carbocycles. The lowest BCUT2D eigenvalue weighted by Gasteiger charge is -2.07. The van der Waals surface area contributed by atoms with Crippen molar-refractivity contribution < 1.29 is 13.2 Å². The average Bonchev–Trinajstić information content (AvgIpc) is 3.21. The van der Waals surface area contributed by atoms with Crippen molar-refractivity contribution in [3.8, 4) is 0 Å². The Balaban J connectivity index is 1.65. The number of rotatable bonds is 6. The molecule has 0 atom stereocenters. The van der Waals surface area contributed by atoms with E-state index in [1.165, 1.54) is 41.0 Å². The van der Waals surface area contributed by atoms with Gasteiger partial charge in [0.05, 0.1) is 11.3 Å². The van der Waals surface area contributed by atoms with E-state index < -0.39 is 10.0 Å². The van der Waals surface area contributed by atoms with Gasteiger partial charge in [-0.2, -0.15) is 0 Å². The Morgan fingerprint density at radius 2 is 1.88 bits per heavy atom. The van der Waals surface area contributed by atoms with Crippen molar-refractivity contribution in [1.29, 1.82) is 0 Å². The van der Waals surface area contributed by atoms with Gasteiger partial charge in [-0.3, -0.25) is 9.52 Å². The maximum atomic E-state index is 12.2. The summed E-state index contributed by atoms with van der Waals surface area (Å²) < 4.78 is 26.8. The van der Waals surface area contributed by atoms with Crippen LogP contribution in [0.15, 0.2) is 58.3 Å². The molecule has 24 heavy (non-hydrogen) atoms. The molecule has 2 aromatic heterocycles. The van der Waals surface area contributed by atoms with Gasteiger partial charge in [-0.05, 0) is 35.7 Å². The molecule has 2 N–H and O–H groups in total. The van der Waals surface area contributed by atoms with E-state index in [0.29, 0.717) is 17.2 Å². The summed E-state index contributed by atoms with van der Waals surface area (Å²) in [6.45, 7) is 0. The van der Waals surface area contributed by atoms with Gasteiger partial charge in [-0.1, -0.05) is 6.07 Å². The zero-order valence-electron chi connectivity index (χ0n) is 12.3. The van der Waals surface area contributed by atoms with Crippen LogP contribution in [0.25, 0.3) is 0 Å². The van der Waals surface area contributed by atoms with Gasteiger partial charge in [0.15, 0.2) is 5.13 Å². The highest BCUT2D eigenvalue weighted by atomic mass is 32.2. The highest BCUT2D eigenvalue weighted by Gasteiger charge is 2.15. The van der Waals surface area contributed by atoms with Gasteiger partial charge < -0.3 is 5.32 Å². The van der Waals surface area contributed by atoms with Crippen molar-refractivity contribution in [2.45, 2.75) is 11.3 Å². The Morgan fingerprint density at radius 1 is 1.08 bits per heavy atom. The number of nitrogens with zero attached hydrogens (tertiary/aromatic N) is 1. The second-order valence-electron chi connectivity index (χ2n) is 4.77. The topological polar surface area (TPSA) is 88.2 Å². The minimum absolute atomic E-state index is 0.106. The number of aromatic nitrogens is 1. The second kappa shape index (κ2) is 7.12. The Hall–Kier alpha value is -2.23. The van der Waals surface area contributed by atoms with Crippen molar-refractivity contribution in [3.05, 3.63) is 58.2 Å². The number of sulfonamides is 1. The van der Waals surface area contributed by atoms with Crippen molar-refractivity contribution in [2.24, 2.45) is 0 Å². The first-order valence-electron chi connectivity index (χ1n) is 6.87.